The Kier molecular flexibility index (Phi) is 5.43. The largest absolute Gasteiger partial charge is 0.0764 e. The second-order valence-corrected chi connectivity index (χ2v) is 4.93. The van der Waals surface area contributed by atoms with Crippen LogP contribution in [0.15, 0.2) is 66.7 Å². The molecular formula is C19H22. The molecule has 1 unspecified atom stereocenters. The molecule has 0 heterocycles. The Balaban J connectivity index is 2.12. The minimum absolute atomic E-state index is 0.529. The lowest BCUT2D eigenvalue weighted by molar-refractivity contribution is 0.665. The fourth-order valence-corrected chi connectivity index (χ4v) is 2.29. The van der Waals surface area contributed by atoms with Crippen LogP contribution < -0.4 is 0 Å². The maximum absolute atomic E-state index is 2.35. The molecule has 0 saturated carbocycles. The second-order valence-electron chi connectivity index (χ2n) is 4.93. The molecule has 0 aliphatic heterocycles. The van der Waals surface area contributed by atoms with Crippen LogP contribution in [-0.4, -0.2) is 0 Å². The summed E-state index contributed by atoms with van der Waals surface area (Å²) in [7, 11) is 0. The minimum atomic E-state index is 0.529. The highest BCUT2D eigenvalue weighted by molar-refractivity contribution is 5.50. The van der Waals surface area contributed by atoms with Crippen LogP contribution in [-0.2, 0) is 0 Å². The standard InChI is InChI=1S/C19H22/c1-2-3-12-19(18-13-8-5-9-14-18)16-15-17-10-6-4-7-11-17/h4-11,13-16,19H,2-3,12H2,1H3/b16-15+. The van der Waals surface area contributed by atoms with Crippen LogP contribution >= 0.6 is 0 Å². The average molecular weight is 250 g/mol. The Morgan fingerprint density at radius 2 is 1.53 bits per heavy atom. The first-order valence-corrected chi connectivity index (χ1v) is 7.18. The molecule has 0 N–H and O–H groups in total. The van der Waals surface area contributed by atoms with Gasteiger partial charge >= 0.3 is 0 Å². The summed E-state index contributed by atoms with van der Waals surface area (Å²) in [6, 6.07) is 21.3. The van der Waals surface area contributed by atoms with Crippen LogP contribution in [0.3, 0.4) is 0 Å². The number of hydrogen-bond acceptors (Lipinski definition) is 0. The topological polar surface area (TPSA) is 0 Å². The number of hydrogen-bond donors (Lipinski definition) is 0. The Bertz CT molecular complexity index is 482. The van der Waals surface area contributed by atoms with Crippen molar-refractivity contribution in [3.8, 4) is 0 Å². The highest BCUT2D eigenvalue weighted by atomic mass is 14.1. The van der Waals surface area contributed by atoms with Crippen molar-refractivity contribution >= 4 is 6.08 Å². The summed E-state index contributed by atoms with van der Waals surface area (Å²) in [5.74, 6) is 0.529. The van der Waals surface area contributed by atoms with E-state index in [1.165, 1.54) is 30.4 Å². The van der Waals surface area contributed by atoms with E-state index < -0.39 is 0 Å². The Labute approximate surface area is 116 Å². The Morgan fingerprint density at radius 1 is 0.895 bits per heavy atom. The SMILES string of the molecule is CCCCC(/C=C/c1ccccc1)c1ccccc1. The van der Waals surface area contributed by atoms with E-state index in [9.17, 15) is 0 Å². The second kappa shape index (κ2) is 7.58. The fraction of sp³-hybridized carbons (Fsp3) is 0.263. The summed E-state index contributed by atoms with van der Waals surface area (Å²) in [6.45, 7) is 2.25. The molecular weight excluding hydrogens is 228 g/mol. The van der Waals surface area contributed by atoms with E-state index in [4.69, 9.17) is 0 Å². The van der Waals surface area contributed by atoms with Crippen LogP contribution in [0.4, 0.5) is 0 Å². The lowest BCUT2D eigenvalue weighted by Crippen LogP contribution is -1.94. The van der Waals surface area contributed by atoms with Gasteiger partial charge in [0.25, 0.3) is 0 Å². The summed E-state index contributed by atoms with van der Waals surface area (Å²) >= 11 is 0. The molecule has 0 bridgehead atoms. The van der Waals surface area contributed by atoms with Gasteiger partial charge in [0.15, 0.2) is 0 Å². The molecule has 0 saturated heterocycles. The number of allylic oxidation sites excluding steroid dienone is 1. The third-order valence-corrected chi connectivity index (χ3v) is 3.42. The third-order valence-electron chi connectivity index (χ3n) is 3.42. The first-order valence-electron chi connectivity index (χ1n) is 7.18. The lowest BCUT2D eigenvalue weighted by Gasteiger charge is -2.12. The van der Waals surface area contributed by atoms with Gasteiger partial charge < -0.3 is 0 Å². The molecule has 2 aromatic rings. The Hall–Kier alpha value is -1.82. The molecule has 0 aliphatic carbocycles. The van der Waals surface area contributed by atoms with Crippen LogP contribution in [0.1, 0.15) is 43.2 Å². The zero-order chi connectivity index (χ0) is 13.3. The van der Waals surface area contributed by atoms with Crippen LogP contribution in [0.2, 0.25) is 0 Å². The first-order chi connectivity index (χ1) is 9.40. The van der Waals surface area contributed by atoms with Gasteiger partial charge in [0.05, 0.1) is 0 Å². The molecule has 0 amide bonds. The summed E-state index contributed by atoms with van der Waals surface area (Å²) in [5.41, 5.74) is 2.70. The molecule has 0 fully saturated rings. The number of rotatable bonds is 6. The van der Waals surface area contributed by atoms with E-state index in [0.717, 1.165) is 0 Å². The Morgan fingerprint density at radius 3 is 2.16 bits per heavy atom. The van der Waals surface area contributed by atoms with Crippen molar-refractivity contribution < 1.29 is 0 Å². The molecule has 98 valence electrons. The smallest absolute Gasteiger partial charge is 0.00213 e. The summed E-state index contributed by atoms with van der Waals surface area (Å²) < 4.78 is 0. The zero-order valence-electron chi connectivity index (χ0n) is 11.6. The predicted molar refractivity (Wildman–Crippen MR) is 84.2 cm³/mol. The van der Waals surface area contributed by atoms with Crippen molar-refractivity contribution in [2.75, 3.05) is 0 Å². The van der Waals surface area contributed by atoms with E-state index in [-0.39, 0.29) is 0 Å². The van der Waals surface area contributed by atoms with Crippen LogP contribution in [0.25, 0.3) is 6.08 Å². The quantitative estimate of drug-likeness (QED) is 0.619. The third kappa shape index (κ3) is 4.40. The van der Waals surface area contributed by atoms with E-state index in [0.29, 0.717) is 5.92 Å². The molecule has 0 spiro atoms. The molecule has 1 atom stereocenters. The fourth-order valence-electron chi connectivity index (χ4n) is 2.29. The molecule has 0 nitrogen and oxygen atoms in total. The van der Waals surface area contributed by atoms with Gasteiger partial charge in [-0.3, -0.25) is 0 Å². The monoisotopic (exact) mass is 250 g/mol. The van der Waals surface area contributed by atoms with Crippen LogP contribution in [0.5, 0.6) is 0 Å². The van der Waals surface area contributed by atoms with Gasteiger partial charge in [-0.15, -0.1) is 0 Å². The first kappa shape index (κ1) is 13.6. The molecule has 2 rings (SSSR count). The molecule has 0 radical (unpaired) electrons. The highest BCUT2D eigenvalue weighted by Gasteiger charge is 2.06. The van der Waals surface area contributed by atoms with Crippen molar-refractivity contribution in [3.63, 3.8) is 0 Å². The summed E-state index contributed by atoms with van der Waals surface area (Å²) in [5, 5.41) is 0. The predicted octanol–water partition coefficient (Wildman–Crippen LogP) is 5.67. The molecule has 0 heteroatoms. The lowest BCUT2D eigenvalue weighted by atomic mass is 9.92. The average Bonchev–Trinajstić information content (AvgIpc) is 2.49. The van der Waals surface area contributed by atoms with Gasteiger partial charge in [0, 0.05) is 5.92 Å². The van der Waals surface area contributed by atoms with Crippen molar-refractivity contribution in [1.29, 1.82) is 0 Å². The van der Waals surface area contributed by atoms with Crippen molar-refractivity contribution in [2.45, 2.75) is 32.1 Å². The van der Waals surface area contributed by atoms with Crippen molar-refractivity contribution in [3.05, 3.63) is 77.9 Å². The van der Waals surface area contributed by atoms with E-state index >= 15 is 0 Å². The summed E-state index contributed by atoms with van der Waals surface area (Å²) in [4.78, 5) is 0. The maximum Gasteiger partial charge on any atom is 0.00213 e. The van der Waals surface area contributed by atoms with Gasteiger partial charge in [-0.25, -0.2) is 0 Å². The summed E-state index contributed by atoms with van der Waals surface area (Å²) in [6.07, 6.45) is 8.35. The van der Waals surface area contributed by atoms with Crippen molar-refractivity contribution in [2.24, 2.45) is 0 Å². The van der Waals surface area contributed by atoms with Crippen molar-refractivity contribution in [1.82, 2.24) is 0 Å². The number of benzene rings is 2. The molecule has 2 aromatic carbocycles. The molecule has 0 aromatic heterocycles. The molecule has 0 aliphatic rings. The van der Waals surface area contributed by atoms with E-state index in [2.05, 4.69) is 79.7 Å². The minimum Gasteiger partial charge on any atom is -0.0764 e. The maximum atomic E-state index is 2.35. The van der Waals surface area contributed by atoms with Gasteiger partial charge in [0.1, 0.15) is 0 Å². The van der Waals surface area contributed by atoms with Gasteiger partial charge in [-0.2, -0.15) is 0 Å². The highest BCUT2D eigenvalue weighted by Crippen LogP contribution is 2.24. The van der Waals surface area contributed by atoms with Gasteiger partial charge in [-0.1, -0.05) is 92.6 Å². The van der Waals surface area contributed by atoms with Gasteiger partial charge in [-0.05, 0) is 17.5 Å². The van der Waals surface area contributed by atoms with E-state index in [1.54, 1.807) is 0 Å². The molecule has 19 heavy (non-hydrogen) atoms. The van der Waals surface area contributed by atoms with Gasteiger partial charge in [0.2, 0.25) is 0 Å². The van der Waals surface area contributed by atoms with E-state index in [1.807, 2.05) is 0 Å². The zero-order valence-corrected chi connectivity index (χ0v) is 11.6. The number of unbranched alkanes of at least 4 members (excludes halogenated alkanes) is 1. The normalized spacial score (nSPS) is 12.7. The van der Waals surface area contributed by atoms with Crippen LogP contribution in [0, 0.1) is 0 Å².